The summed E-state index contributed by atoms with van der Waals surface area (Å²) in [5.74, 6) is 0.0650. The maximum Gasteiger partial charge on any atom is 0.325 e. The average molecular weight is 402 g/mol. The topological polar surface area (TPSA) is 75.7 Å². The summed E-state index contributed by atoms with van der Waals surface area (Å²) in [4.78, 5) is 39.2. The van der Waals surface area contributed by atoms with Crippen LogP contribution in [-0.4, -0.2) is 29.7 Å². The van der Waals surface area contributed by atoms with E-state index in [0.717, 1.165) is 16.3 Å². The second-order valence-electron chi connectivity index (χ2n) is 7.56. The van der Waals surface area contributed by atoms with Crippen LogP contribution in [0.25, 0.3) is 10.8 Å². The first-order valence-electron chi connectivity index (χ1n) is 9.65. The Labute approximate surface area is 174 Å². The molecule has 1 N–H and O–H groups in total. The van der Waals surface area contributed by atoms with Crippen molar-refractivity contribution in [3.05, 3.63) is 77.4 Å². The number of Topliss-reactive ketones (excluding diaryl/α,β-unsaturated/α-hetero) is 1. The summed E-state index contributed by atoms with van der Waals surface area (Å²) >= 11 is 0. The van der Waals surface area contributed by atoms with Gasteiger partial charge in [-0.1, -0.05) is 42.5 Å². The minimum absolute atomic E-state index is 0.00924. The zero-order valence-corrected chi connectivity index (χ0v) is 17.1. The third-order valence-electron chi connectivity index (χ3n) is 5.62. The Kier molecular flexibility index (Phi) is 4.78. The molecule has 4 rings (SSSR count). The lowest BCUT2D eigenvalue weighted by Gasteiger charge is -2.24. The van der Waals surface area contributed by atoms with E-state index in [-0.39, 0.29) is 18.2 Å². The molecule has 6 heteroatoms. The lowest BCUT2D eigenvalue weighted by molar-refractivity contribution is -0.131. The summed E-state index contributed by atoms with van der Waals surface area (Å²) in [5.41, 5.74) is 0.639. The lowest BCUT2D eigenvalue weighted by atomic mass is 9.87. The van der Waals surface area contributed by atoms with Crippen molar-refractivity contribution in [3.8, 4) is 5.75 Å². The maximum atomic E-state index is 13.4. The summed E-state index contributed by atoms with van der Waals surface area (Å²) < 4.78 is 5.37. The van der Waals surface area contributed by atoms with Crippen LogP contribution in [0.3, 0.4) is 0 Å². The zero-order valence-electron chi connectivity index (χ0n) is 17.1. The minimum atomic E-state index is -1.19. The van der Waals surface area contributed by atoms with Crippen molar-refractivity contribution in [1.29, 1.82) is 0 Å². The second kappa shape index (κ2) is 7.30. The highest BCUT2D eigenvalue weighted by molar-refractivity contribution is 6.09. The quantitative estimate of drug-likeness (QED) is 0.517. The highest BCUT2D eigenvalue weighted by Gasteiger charge is 2.49. The van der Waals surface area contributed by atoms with Gasteiger partial charge in [0, 0.05) is 11.1 Å². The third-order valence-corrected chi connectivity index (χ3v) is 5.62. The van der Waals surface area contributed by atoms with Crippen LogP contribution in [-0.2, 0) is 16.9 Å². The van der Waals surface area contributed by atoms with Gasteiger partial charge in [0.1, 0.15) is 11.3 Å². The second-order valence-corrected chi connectivity index (χ2v) is 7.56. The number of benzene rings is 3. The molecular formula is C24H22N2O4. The molecule has 1 aliphatic heterocycles. The smallest absolute Gasteiger partial charge is 0.325 e. The van der Waals surface area contributed by atoms with Gasteiger partial charge in [-0.25, -0.2) is 4.79 Å². The molecule has 0 saturated carbocycles. The number of imide groups is 1. The van der Waals surface area contributed by atoms with E-state index in [4.69, 9.17) is 4.74 Å². The predicted octanol–water partition coefficient (Wildman–Crippen LogP) is 4.02. The van der Waals surface area contributed by atoms with E-state index >= 15 is 0 Å². The highest BCUT2D eigenvalue weighted by Crippen LogP contribution is 2.35. The van der Waals surface area contributed by atoms with Crippen LogP contribution in [0.15, 0.2) is 60.7 Å². The van der Waals surface area contributed by atoms with E-state index in [1.807, 2.05) is 42.5 Å². The number of nitrogens with zero attached hydrogens (tertiary/aromatic N) is 1. The van der Waals surface area contributed by atoms with Gasteiger partial charge in [-0.3, -0.25) is 14.5 Å². The van der Waals surface area contributed by atoms with Crippen LogP contribution in [0, 0.1) is 0 Å². The molecule has 1 aliphatic rings. The first-order chi connectivity index (χ1) is 14.3. The van der Waals surface area contributed by atoms with E-state index in [0.29, 0.717) is 16.9 Å². The molecule has 0 aliphatic carbocycles. The molecule has 0 radical (unpaired) electrons. The van der Waals surface area contributed by atoms with E-state index in [1.165, 1.54) is 18.9 Å². The fourth-order valence-electron chi connectivity index (χ4n) is 3.98. The fourth-order valence-corrected chi connectivity index (χ4v) is 3.98. The first-order valence-corrected chi connectivity index (χ1v) is 9.65. The summed E-state index contributed by atoms with van der Waals surface area (Å²) in [6.07, 6.45) is 0. The third kappa shape index (κ3) is 3.10. The van der Waals surface area contributed by atoms with Gasteiger partial charge >= 0.3 is 6.03 Å². The number of hydrogen-bond donors (Lipinski definition) is 1. The van der Waals surface area contributed by atoms with Gasteiger partial charge in [0.25, 0.3) is 5.91 Å². The van der Waals surface area contributed by atoms with Gasteiger partial charge in [-0.15, -0.1) is 0 Å². The van der Waals surface area contributed by atoms with Crippen molar-refractivity contribution < 1.29 is 19.1 Å². The van der Waals surface area contributed by atoms with Gasteiger partial charge in [0.15, 0.2) is 5.78 Å². The Hall–Kier alpha value is -3.67. The number of ether oxygens (including phenoxy) is 1. The lowest BCUT2D eigenvalue weighted by Crippen LogP contribution is -2.41. The maximum absolute atomic E-state index is 13.4. The van der Waals surface area contributed by atoms with Crippen LogP contribution in [0.4, 0.5) is 4.79 Å². The summed E-state index contributed by atoms with van der Waals surface area (Å²) in [5, 5.41) is 4.77. The van der Waals surface area contributed by atoms with Crippen LogP contribution < -0.4 is 10.1 Å². The van der Waals surface area contributed by atoms with Crippen molar-refractivity contribution in [2.24, 2.45) is 0 Å². The Bertz CT molecular complexity index is 1180. The number of carbonyl (C=O) groups is 3. The van der Waals surface area contributed by atoms with Crippen LogP contribution in [0.1, 0.15) is 35.3 Å². The van der Waals surface area contributed by atoms with E-state index in [9.17, 15) is 14.4 Å². The Balaban J connectivity index is 1.73. The number of nitrogens with one attached hydrogen (secondary N) is 1. The van der Waals surface area contributed by atoms with Crippen molar-refractivity contribution in [2.45, 2.75) is 25.9 Å². The number of carbonyl (C=O) groups excluding carboxylic acids is 3. The van der Waals surface area contributed by atoms with Crippen molar-refractivity contribution >= 4 is 28.5 Å². The normalized spacial score (nSPS) is 18.6. The largest absolute Gasteiger partial charge is 0.496 e. The molecule has 1 saturated heterocycles. The van der Waals surface area contributed by atoms with E-state index in [2.05, 4.69) is 5.32 Å². The molecule has 3 amide bonds. The van der Waals surface area contributed by atoms with Gasteiger partial charge < -0.3 is 10.1 Å². The van der Waals surface area contributed by atoms with Crippen molar-refractivity contribution in [3.63, 3.8) is 0 Å². The van der Waals surface area contributed by atoms with Gasteiger partial charge in [-0.2, -0.15) is 0 Å². The molecule has 0 aromatic heterocycles. The summed E-state index contributed by atoms with van der Waals surface area (Å²) in [6.45, 7) is 3.20. The summed E-state index contributed by atoms with van der Waals surface area (Å²) in [6, 6.07) is 18.0. The zero-order chi connectivity index (χ0) is 21.5. The molecule has 1 heterocycles. The average Bonchev–Trinajstić information content (AvgIpc) is 2.97. The number of amides is 3. The van der Waals surface area contributed by atoms with Gasteiger partial charge in [-0.05, 0) is 48.4 Å². The molecule has 0 spiro atoms. The molecule has 152 valence electrons. The van der Waals surface area contributed by atoms with Gasteiger partial charge in [0.05, 0.1) is 13.7 Å². The molecule has 0 unspecified atom stereocenters. The number of hydrogen-bond acceptors (Lipinski definition) is 4. The number of rotatable bonds is 5. The highest BCUT2D eigenvalue weighted by atomic mass is 16.5. The molecule has 30 heavy (non-hydrogen) atoms. The van der Waals surface area contributed by atoms with Gasteiger partial charge in [0.2, 0.25) is 0 Å². The van der Waals surface area contributed by atoms with Crippen LogP contribution in [0.2, 0.25) is 0 Å². The Morgan fingerprint density at radius 3 is 2.53 bits per heavy atom. The molecule has 3 aromatic rings. The molecule has 1 fully saturated rings. The Morgan fingerprint density at radius 2 is 1.80 bits per heavy atom. The molecule has 0 bridgehead atoms. The molecule has 1 atom stereocenters. The first kappa shape index (κ1) is 19.6. The number of ketones is 1. The standard InChI is InChI=1S/C24H22N2O4/c1-15(27)17-11-12-21(30-3)18(13-17)14-26-22(28)24(2,25-23(26)29)20-10-6-8-16-7-4-5-9-19(16)20/h4-13H,14H2,1-3H3,(H,25,29)/t24-/m1/s1. The van der Waals surface area contributed by atoms with Crippen molar-refractivity contribution in [2.75, 3.05) is 7.11 Å². The van der Waals surface area contributed by atoms with E-state index in [1.54, 1.807) is 25.1 Å². The van der Waals surface area contributed by atoms with Crippen LogP contribution in [0.5, 0.6) is 5.75 Å². The molecular weight excluding hydrogens is 380 g/mol. The van der Waals surface area contributed by atoms with Crippen LogP contribution >= 0.6 is 0 Å². The van der Waals surface area contributed by atoms with Crippen molar-refractivity contribution in [1.82, 2.24) is 10.2 Å². The number of urea groups is 1. The molecule has 6 nitrogen and oxygen atoms in total. The predicted molar refractivity (Wildman–Crippen MR) is 113 cm³/mol. The van der Waals surface area contributed by atoms with E-state index < -0.39 is 11.6 Å². The SMILES string of the molecule is COc1ccc(C(C)=O)cc1CN1C(=O)N[C@](C)(c2cccc3ccccc23)C1=O. The minimum Gasteiger partial charge on any atom is -0.496 e. The number of methoxy groups -OCH3 is 1. The number of fused-ring (bicyclic) bond motifs is 1. The summed E-state index contributed by atoms with van der Waals surface area (Å²) in [7, 11) is 1.51. The Morgan fingerprint density at radius 1 is 1.07 bits per heavy atom. The monoisotopic (exact) mass is 402 g/mol. The fraction of sp³-hybridized carbons (Fsp3) is 0.208. The molecule has 3 aromatic carbocycles.